The largest absolute Gasteiger partial charge is 0.284 e. The molecule has 0 saturated carbocycles. The van der Waals surface area contributed by atoms with Crippen LogP contribution in [0, 0.1) is 13.8 Å². The van der Waals surface area contributed by atoms with Gasteiger partial charge in [0.2, 0.25) is 5.78 Å². The molecule has 0 amide bonds. The molecule has 0 aliphatic rings. The molecule has 0 radical (unpaired) electrons. The first kappa shape index (κ1) is 19.2. The Morgan fingerprint density at radius 3 is 2.69 bits per heavy atom. The predicted molar refractivity (Wildman–Crippen MR) is 118 cm³/mol. The van der Waals surface area contributed by atoms with E-state index in [0.717, 1.165) is 16.7 Å². The van der Waals surface area contributed by atoms with E-state index in [-0.39, 0.29) is 17.0 Å². The fourth-order valence-electron chi connectivity index (χ4n) is 3.09. The fourth-order valence-corrected chi connectivity index (χ4v) is 3.84. The number of rotatable bonds is 4. The van der Waals surface area contributed by atoms with Crippen LogP contribution in [-0.4, -0.2) is 20.3 Å². The number of halogens is 1. The third-order valence-electron chi connectivity index (χ3n) is 4.56. The fraction of sp³-hybridized carbons (Fsp3) is 0.0909. The van der Waals surface area contributed by atoms with E-state index in [1.807, 2.05) is 32.0 Å². The zero-order valence-corrected chi connectivity index (χ0v) is 17.3. The van der Waals surface area contributed by atoms with Crippen LogP contribution in [-0.2, 0) is 0 Å². The summed E-state index contributed by atoms with van der Waals surface area (Å²) in [5, 5.41) is 2.91. The van der Waals surface area contributed by atoms with Gasteiger partial charge in [-0.3, -0.25) is 14.2 Å². The zero-order chi connectivity index (χ0) is 20.5. The van der Waals surface area contributed by atoms with E-state index in [9.17, 15) is 9.59 Å². The highest BCUT2D eigenvalue weighted by atomic mass is 35.5. The molecule has 0 fully saturated rings. The molecule has 144 valence electrons. The molecule has 29 heavy (non-hydrogen) atoms. The van der Waals surface area contributed by atoms with E-state index in [0.29, 0.717) is 20.9 Å². The summed E-state index contributed by atoms with van der Waals surface area (Å²) in [6.45, 7) is 3.97. The van der Waals surface area contributed by atoms with Gasteiger partial charge in [-0.15, -0.1) is 11.3 Å². The van der Waals surface area contributed by atoms with Gasteiger partial charge in [-0.1, -0.05) is 35.4 Å². The molecule has 0 saturated heterocycles. The van der Waals surface area contributed by atoms with Crippen molar-refractivity contribution in [2.24, 2.45) is 0 Å². The molecule has 4 aromatic rings. The number of ketones is 1. The Balaban J connectivity index is 1.96. The van der Waals surface area contributed by atoms with Crippen molar-refractivity contribution in [2.45, 2.75) is 13.8 Å². The number of allylic oxidation sites excluding steroid dienone is 1. The van der Waals surface area contributed by atoms with Gasteiger partial charge in [0.1, 0.15) is 12.0 Å². The number of Topliss-reactive ketones (excluding diaryl/α,β-unsaturated/α-hetero) is 1. The topological polar surface area (TPSA) is 64.8 Å². The third-order valence-corrected chi connectivity index (χ3v) is 5.56. The maximum Gasteiger partial charge on any atom is 0.265 e. The Bertz CT molecular complexity index is 1320. The maximum absolute atomic E-state index is 13.2. The molecule has 0 aliphatic carbocycles. The molecule has 0 atom stereocenters. The minimum Gasteiger partial charge on any atom is -0.284 e. The molecule has 5 nitrogen and oxygen atoms in total. The van der Waals surface area contributed by atoms with E-state index in [1.165, 1.54) is 22.2 Å². The molecule has 0 N–H and O–H groups in total. The van der Waals surface area contributed by atoms with E-state index in [4.69, 9.17) is 11.6 Å². The van der Waals surface area contributed by atoms with Crippen molar-refractivity contribution >= 4 is 51.4 Å². The number of hydrogen-bond donors (Lipinski definition) is 0. The van der Waals surface area contributed by atoms with Crippen LogP contribution in [0.5, 0.6) is 0 Å². The summed E-state index contributed by atoms with van der Waals surface area (Å²) in [7, 11) is 0. The van der Waals surface area contributed by atoms with Crippen molar-refractivity contribution in [3.8, 4) is 0 Å². The van der Waals surface area contributed by atoms with Crippen LogP contribution in [0.2, 0.25) is 5.02 Å². The summed E-state index contributed by atoms with van der Waals surface area (Å²) in [6.07, 6.45) is 4.64. The Morgan fingerprint density at radius 1 is 1.14 bits per heavy atom. The summed E-state index contributed by atoms with van der Waals surface area (Å²) in [4.78, 5) is 34.8. The number of fused-ring (bicyclic) bond motifs is 1. The SMILES string of the molecule is Cc1ccc(/C=C(/C(=O)c2nccs2)n2cnc3cc(Cl)ccc3c2=O)c(C)c1. The molecule has 2 heterocycles. The first-order valence-corrected chi connectivity index (χ1v) is 10.1. The van der Waals surface area contributed by atoms with Crippen molar-refractivity contribution in [1.29, 1.82) is 0 Å². The van der Waals surface area contributed by atoms with Crippen molar-refractivity contribution in [2.75, 3.05) is 0 Å². The molecule has 2 aromatic carbocycles. The van der Waals surface area contributed by atoms with Crippen molar-refractivity contribution in [3.05, 3.63) is 91.4 Å². The minimum atomic E-state index is -0.340. The highest BCUT2D eigenvalue weighted by Crippen LogP contribution is 2.22. The van der Waals surface area contributed by atoms with Crippen molar-refractivity contribution in [3.63, 3.8) is 0 Å². The van der Waals surface area contributed by atoms with E-state index in [1.54, 1.807) is 35.9 Å². The number of benzene rings is 2. The predicted octanol–water partition coefficient (Wildman–Crippen LogP) is 5.00. The number of carbonyl (C=O) groups excluding carboxylic acids is 1. The Labute approximate surface area is 175 Å². The second-order valence-corrected chi connectivity index (χ2v) is 7.97. The van der Waals surface area contributed by atoms with Gasteiger partial charge in [-0.2, -0.15) is 0 Å². The number of aromatic nitrogens is 3. The van der Waals surface area contributed by atoms with Crippen LogP contribution in [0.25, 0.3) is 22.7 Å². The molecule has 7 heteroatoms. The quantitative estimate of drug-likeness (QED) is 0.343. The monoisotopic (exact) mass is 421 g/mol. The number of nitrogens with zero attached hydrogens (tertiary/aromatic N) is 3. The Kier molecular flexibility index (Phi) is 5.13. The number of hydrogen-bond acceptors (Lipinski definition) is 5. The smallest absolute Gasteiger partial charge is 0.265 e. The second kappa shape index (κ2) is 7.73. The summed E-state index contributed by atoms with van der Waals surface area (Å²) < 4.78 is 1.28. The van der Waals surface area contributed by atoms with Crippen LogP contribution in [0.1, 0.15) is 26.5 Å². The summed E-state index contributed by atoms with van der Waals surface area (Å²) in [5.74, 6) is -0.336. The lowest BCUT2D eigenvalue weighted by molar-refractivity contribution is 0.105. The van der Waals surface area contributed by atoms with E-state index in [2.05, 4.69) is 9.97 Å². The molecule has 4 rings (SSSR count). The van der Waals surface area contributed by atoms with Gasteiger partial charge in [0, 0.05) is 16.6 Å². The lowest BCUT2D eigenvalue weighted by Crippen LogP contribution is -2.23. The van der Waals surface area contributed by atoms with E-state index < -0.39 is 0 Å². The zero-order valence-electron chi connectivity index (χ0n) is 15.7. The average Bonchev–Trinajstić information content (AvgIpc) is 3.22. The molecular formula is C22H16ClN3O2S. The van der Waals surface area contributed by atoms with Gasteiger partial charge in [-0.25, -0.2) is 9.97 Å². The lowest BCUT2D eigenvalue weighted by Gasteiger charge is -2.11. The number of thiazole rings is 1. The molecule has 0 spiro atoms. The van der Waals surface area contributed by atoms with Crippen LogP contribution < -0.4 is 5.56 Å². The Morgan fingerprint density at radius 2 is 1.97 bits per heavy atom. The van der Waals surface area contributed by atoms with Gasteiger partial charge in [0.15, 0.2) is 5.01 Å². The standard InChI is InChI=1S/C22H16ClN3O2S/c1-13-3-4-15(14(2)9-13)10-19(20(27)21-24-7-8-29-21)26-12-25-18-11-16(23)5-6-17(18)22(26)28/h3-12H,1-2H3/b19-10-. The third kappa shape index (κ3) is 3.77. The lowest BCUT2D eigenvalue weighted by atomic mass is 10.0. The molecule has 0 bridgehead atoms. The minimum absolute atomic E-state index is 0.196. The van der Waals surface area contributed by atoms with Gasteiger partial charge in [0.25, 0.3) is 5.56 Å². The summed E-state index contributed by atoms with van der Waals surface area (Å²) in [5.41, 5.74) is 3.30. The van der Waals surface area contributed by atoms with Gasteiger partial charge < -0.3 is 0 Å². The second-order valence-electron chi connectivity index (χ2n) is 6.64. The summed E-state index contributed by atoms with van der Waals surface area (Å²) in [6, 6.07) is 10.8. The van der Waals surface area contributed by atoms with Crippen molar-refractivity contribution in [1.82, 2.24) is 14.5 Å². The molecule has 0 unspecified atom stereocenters. The van der Waals surface area contributed by atoms with Crippen LogP contribution in [0.15, 0.2) is 59.1 Å². The number of aryl methyl sites for hydroxylation is 2. The maximum atomic E-state index is 13.2. The first-order valence-electron chi connectivity index (χ1n) is 8.84. The van der Waals surface area contributed by atoms with Crippen LogP contribution in [0.3, 0.4) is 0 Å². The highest BCUT2D eigenvalue weighted by Gasteiger charge is 2.20. The number of carbonyl (C=O) groups is 1. The van der Waals surface area contributed by atoms with Crippen molar-refractivity contribution < 1.29 is 4.79 Å². The normalized spacial score (nSPS) is 11.8. The molecular weight excluding hydrogens is 406 g/mol. The van der Waals surface area contributed by atoms with Gasteiger partial charge >= 0.3 is 0 Å². The Hall–Kier alpha value is -3.09. The highest BCUT2D eigenvalue weighted by molar-refractivity contribution is 7.12. The first-order chi connectivity index (χ1) is 13.9. The van der Waals surface area contributed by atoms with Crippen LogP contribution in [0.4, 0.5) is 0 Å². The van der Waals surface area contributed by atoms with Gasteiger partial charge in [0.05, 0.1) is 10.9 Å². The van der Waals surface area contributed by atoms with Gasteiger partial charge in [-0.05, 0) is 49.2 Å². The van der Waals surface area contributed by atoms with Crippen LogP contribution >= 0.6 is 22.9 Å². The molecule has 2 aromatic heterocycles. The van der Waals surface area contributed by atoms with E-state index >= 15 is 0 Å². The average molecular weight is 422 g/mol. The molecule has 0 aliphatic heterocycles. The summed E-state index contributed by atoms with van der Waals surface area (Å²) >= 11 is 7.24.